The van der Waals surface area contributed by atoms with Crippen LogP contribution < -0.4 is 11.1 Å². The van der Waals surface area contributed by atoms with Gasteiger partial charge in [-0.2, -0.15) is 0 Å². The Kier molecular flexibility index (Phi) is 6.84. The minimum absolute atomic E-state index is 0.196. The Morgan fingerprint density at radius 2 is 2.05 bits per heavy atom. The summed E-state index contributed by atoms with van der Waals surface area (Å²) in [5.41, 5.74) is 5.68. The van der Waals surface area contributed by atoms with Crippen LogP contribution in [0.3, 0.4) is 0 Å². The predicted molar refractivity (Wildman–Crippen MR) is 80.7 cm³/mol. The smallest absolute Gasteiger partial charge is 0.220 e. The van der Waals surface area contributed by atoms with Gasteiger partial charge in [0.25, 0.3) is 0 Å². The second-order valence-electron chi connectivity index (χ2n) is 6.71. The molecule has 1 aliphatic rings. The number of nitrogens with one attached hydrogen (secondary N) is 1. The lowest BCUT2D eigenvalue weighted by atomic mass is 9.74. The van der Waals surface area contributed by atoms with Crippen LogP contribution in [0.15, 0.2) is 0 Å². The molecular formula is C16H32N2O. The third-order valence-corrected chi connectivity index (χ3v) is 4.75. The number of carbonyl (C=O) groups excluding carboxylic acids is 1. The third-order valence-electron chi connectivity index (χ3n) is 4.75. The van der Waals surface area contributed by atoms with Crippen LogP contribution in [0.2, 0.25) is 0 Å². The van der Waals surface area contributed by atoms with Crippen LogP contribution in [0.4, 0.5) is 0 Å². The van der Waals surface area contributed by atoms with Gasteiger partial charge in [-0.25, -0.2) is 0 Å². The number of carbonyl (C=O) groups is 1. The molecule has 1 rings (SSSR count). The Hall–Kier alpha value is -0.570. The van der Waals surface area contributed by atoms with Gasteiger partial charge < -0.3 is 11.1 Å². The van der Waals surface area contributed by atoms with E-state index in [-0.39, 0.29) is 5.91 Å². The lowest BCUT2D eigenvalue weighted by Crippen LogP contribution is -2.46. The Bertz CT molecular complexity index is 274. The summed E-state index contributed by atoms with van der Waals surface area (Å²) >= 11 is 0. The highest BCUT2D eigenvalue weighted by atomic mass is 16.1. The fraction of sp³-hybridized carbons (Fsp3) is 0.938. The van der Waals surface area contributed by atoms with Gasteiger partial charge in [0.15, 0.2) is 0 Å². The maximum absolute atomic E-state index is 12.1. The van der Waals surface area contributed by atoms with Crippen molar-refractivity contribution in [2.24, 2.45) is 29.4 Å². The zero-order chi connectivity index (χ0) is 14.4. The predicted octanol–water partition coefficient (Wildman–Crippen LogP) is 2.94. The van der Waals surface area contributed by atoms with Crippen LogP contribution >= 0.6 is 0 Å². The Morgan fingerprint density at radius 1 is 1.37 bits per heavy atom. The molecule has 4 atom stereocenters. The van der Waals surface area contributed by atoms with Gasteiger partial charge in [-0.3, -0.25) is 4.79 Å². The first-order valence-electron chi connectivity index (χ1n) is 7.97. The minimum atomic E-state index is 0.196. The maximum Gasteiger partial charge on any atom is 0.220 e. The SMILES string of the molecule is CCC(CN)CC(=O)NC1CC(C)CCC1C(C)C. The largest absolute Gasteiger partial charge is 0.353 e. The summed E-state index contributed by atoms with van der Waals surface area (Å²) < 4.78 is 0. The highest BCUT2D eigenvalue weighted by molar-refractivity contribution is 5.76. The van der Waals surface area contributed by atoms with Crippen LogP contribution in [0, 0.1) is 23.7 Å². The molecule has 1 fully saturated rings. The van der Waals surface area contributed by atoms with E-state index in [1.54, 1.807) is 0 Å². The second-order valence-corrected chi connectivity index (χ2v) is 6.71. The van der Waals surface area contributed by atoms with E-state index in [0.717, 1.165) is 18.8 Å². The molecule has 0 spiro atoms. The number of nitrogens with two attached hydrogens (primary N) is 1. The molecule has 19 heavy (non-hydrogen) atoms. The van der Waals surface area contributed by atoms with Gasteiger partial charge in [-0.15, -0.1) is 0 Å². The average Bonchev–Trinajstić information content (AvgIpc) is 2.35. The topological polar surface area (TPSA) is 55.1 Å². The fourth-order valence-electron chi connectivity index (χ4n) is 3.29. The molecule has 3 nitrogen and oxygen atoms in total. The van der Waals surface area contributed by atoms with E-state index in [1.165, 1.54) is 12.8 Å². The van der Waals surface area contributed by atoms with E-state index in [1.807, 2.05) is 0 Å². The lowest BCUT2D eigenvalue weighted by molar-refractivity contribution is -0.123. The summed E-state index contributed by atoms with van der Waals surface area (Å²) in [6, 6.07) is 0.367. The molecule has 0 saturated heterocycles. The van der Waals surface area contributed by atoms with Crippen LogP contribution in [0.5, 0.6) is 0 Å². The molecular weight excluding hydrogens is 236 g/mol. The Balaban J connectivity index is 2.53. The van der Waals surface area contributed by atoms with Gasteiger partial charge >= 0.3 is 0 Å². The van der Waals surface area contributed by atoms with Crippen molar-refractivity contribution in [3.8, 4) is 0 Å². The van der Waals surface area contributed by atoms with Crippen molar-refractivity contribution in [3.63, 3.8) is 0 Å². The highest BCUT2D eigenvalue weighted by Crippen LogP contribution is 2.33. The average molecular weight is 268 g/mol. The summed E-state index contributed by atoms with van der Waals surface area (Å²) in [6.07, 6.45) is 5.25. The highest BCUT2D eigenvalue weighted by Gasteiger charge is 2.31. The van der Waals surface area contributed by atoms with Gasteiger partial charge in [-0.05, 0) is 43.1 Å². The summed E-state index contributed by atoms with van der Waals surface area (Å²) in [5.74, 6) is 2.55. The fourth-order valence-corrected chi connectivity index (χ4v) is 3.29. The van der Waals surface area contributed by atoms with E-state index in [2.05, 4.69) is 33.0 Å². The van der Waals surface area contributed by atoms with E-state index in [9.17, 15) is 4.79 Å². The third kappa shape index (κ3) is 5.13. The Morgan fingerprint density at radius 3 is 2.58 bits per heavy atom. The molecule has 0 heterocycles. The zero-order valence-electron chi connectivity index (χ0n) is 13.1. The van der Waals surface area contributed by atoms with Crippen LogP contribution in [0.1, 0.15) is 59.8 Å². The van der Waals surface area contributed by atoms with E-state index in [0.29, 0.717) is 36.8 Å². The number of amides is 1. The molecule has 0 aromatic carbocycles. The van der Waals surface area contributed by atoms with Gasteiger partial charge in [-0.1, -0.05) is 40.5 Å². The normalized spacial score (nSPS) is 29.3. The quantitative estimate of drug-likeness (QED) is 0.778. The standard InChI is InChI=1S/C16H32N2O/c1-5-13(10-17)9-16(19)18-15-8-12(4)6-7-14(15)11(2)3/h11-15H,5-10,17H2,1-4H3,(H,18,19). The van der Waals surface area contributed by atoms with Gasteiger partial charge in [0.1, 0.15) is 0 Å². The van der Waals surface area contributed by atoms with Crippen molar-refractivity contribution in [3.05, 3.63) is 0 Å². The molecule has 0 aromatic heterocycles. The van der Waals surface area contributed by atoms with Gasteiger partial charge in [0, 0.05) is 12.5 Å². The number of hydrogen-bond donors (Lipinski definition) is 2. The van der Waals surface area contributed by atoms with E-state index < -0.39 is 0 Å². The second kappa shape index (κ2) is 7.88. The van der Waals surface area contributed by atoms with Crippen molar-refractivity contribution < 1.29 is 4.79 Å². The molecule has 1 saturated carbocycles. The molecule has 0 aromatic rings. The minimum Gasteiger partial charge on any atom is -0.353 e. The van der Waals surface area contributed by atoms with Gasteiger partial charge in [0.2, 0.25) is 5.91 Å². The molecule has 1 aliphatic carbocycles. The summed E-state index contributed by atoms with van der Waals surface area (Å²) in [7, 11) is 0. The van der Waals surface area contributed by atoms with Crippen molar-refractivity contribution >= 4 is 5.91 Å². The number of hydrogen-bond acceptors (Lipinski definition) is 2. The molecule has 0 bridgehead atoms. The van der Waals surface area contributed by atoms with Gasteiger partial charge in [0.05, 0.1) is 0 Å². The van der Waals surface area contributed by atoms with Crippen LogP contribution in [-0.4, -0.2) is 18.5 Å². The molecule has 0 aliphatic heterocycles. The monoisotopic (exact) mass is 268 g/mol. The van der Waals surface area contributed by atoms with Crippen LogP contribution in [0.25, 0.3) is 0 Å². The first kappa shape index (κ1) is 16.5. The van der Waals surface area contributed by atoms with E-state index >= 15 is 0 Å². The van der Waals surface area contributed by atoms with Crippen molar-refractivity contribution in [1.82, 2.24) is 5.32 Å². The van der Waals surface area contributed by atoms with Crippen molar-refractivity contribution in [2.75, 3.05) is 6.54 Å². The lowest BCUT2D eigenvalue weighted by Gasteiger charge is -2.38. The molecule has 4 unspecified atom stereocenters. The zero-order valence-corrected chi connectivity index (χ0v) is 13.1. The first-order valence-corrected chi connectivity index (χ1v) is 7.97. The maximum atomic E-state index is 12.1. The molecule has 0 radical (unpaired) electrons. The molecule has 3 heteroatoms. The van der Waals surface area contributed by atoms with E-state index in [4.69, 9.17) is 5.73 Å². The summed E-state index contributed by atoms with van der Waals surface area (Å²) in [6.45, 7) is 9.55. The Labute approximate surface area is 118 Å². The molecule has 1 amide bonds. The summed E-state index contributed by atoms with van der Waals surface area (Å²) in [4.78, 5) is 12.1. The molecule has 3 N–H and O–H groups in total. The van der Waals surface area contributed by atoms with Crippen LogP contribution in [-0.2, 0) is 4.79 Å². The summed E-state index contributed by atoms with van der Waals surface area (Å²) in [5, 5.41) is 3.29. The molecule has 112 valence electrons. The van der Waals surface area contributed by atoms with Crippen molar-refractivity contribution in [1.29, 1.82) is 0 Å². The van der Waals surface area contributed by atoms with Crippen molar-refractivity contribution in [2.45, 2.75) is 65.8 Å². The first-order chi connectivity index (χ1) is 8.97. The number of rotatable bonds is 6.